The molecule has 1 amide bonds. The second kappa shape index (κ2) is 9.89. The van der Waals surface area contributed by atoms with Crippen LogP contribution in [0, 0.1) is 11.6 Å². The zero-order valence-corrected chi connectivity index (χ0v) is 16.3. The van der Waals surface area contributed by atoms with Crippen LogP contribution in [0.1, 0.15) is 24.1 Å². The molecule has 0 fully saturated rings. The van der Waals surface area contributed by atoms with Crippen LogP contribution in [0.3, 0.4) is 0 Å². The molecule has 0 heterocycles. The molecule has 2 rings (SSSR count). The number of hydrogen-bond acceptors (Lipinski definition) is 4. The van der Waals surface area contributed by atoms with Crippen molar-refractivity contribution in [2.24, 2.45) is 0 Å². The number of amides is 1. The Morgan fingerprint density at radius 1 is 1.04 bits per heavy atom. The van der Waals surface area contributed by atoms with Crippen molar-refractivity contribution in [3.8, 4) is 17.2 Å². The van der Waals surface area contributed by atoms with Crippen molar-refractivity contribution in [2.75, 3.05) is 27.9 Å². The molecule has 0 aliphatic heterocycles. The lowest BCUT2D eigenvalue weighted by Crippen LogP contribution is -2.87. The Labute approximate surface area is 162 Å². The third-order valence-electron chi connectivity index (χ3n) is 4.34. The zero-order chi connectivity index (χ0) is 20.7. The summed E-state index contributed by atoms with van der Waals surface area (Å²) >= 11 is 0. The number of carbonyl (C=O) groups is 1. The smallest absolute Gasteiger partial charge is 0.275 e. The highest BCUT2D eigenvalue weighted by Crippen LogP contribution is 2.38. The van der Waals surface area contributed by atoms with Crippen LogP contribution in [0.25, 0.3) is 0 Å². The summed E-state index contributed by atoms with van der Waals surface area (Å²) in [6.45, 7) is 2.24. The van der Waals surface area contributed by atoms with Crippen molar-refractivity contribution in [2.45, 2.75) is 19.5 Å². The second-order valence-electron chi connectivity index (χ2n) is 6.21. The number of methoxy groups -OCH3 is 3. The number of benzene rings is 2. The molecule has 0 aliphatic carbocycles. The molecular formula is C20H25F2N2O4+. The van der Waals surface area contributed by atoms with Crippen molar-refractivity contribution in [1.82, 2.24) is 5.32 Å². The maximum absolute atomic E-state index is 13.3. The van der Waals surface area contributed by atoms with Crippen LogP contribution in [0.4, 0.5) is 8.78 Å². The fourth-order valence-electron chi connectivity index (χ4n) is 2.73. The molecular weight excluding hydrogens is 370 g/mol. The molecule has 0 aliphatic rings. The fraction of sp³-hybridized carbons (Fsp3) is 0.350. The molecule has 3 N–H and O–H groups in total. The molecule has 8 heteroatoms. The van der Waals surface area contributed by atoms with E-state index in [2.05, 4.69) is 5.32 Å². The van der Waals surface area contributed by atoms with Gasteiger partial charge in [-0.2, -0.15) is 0 Å². The van der Waals surface area contributed by atoms with Crippen molar-refractivity contribution in [3.63, 3.8) is 0 Å². The van der Waals surface area contributed by atoms with Crippen LogP contribution < -0.4 is 24.8 Å². The molecule has 0 unspecified atom stereocenters. The number of hydrogen-bond donors (Lipinski definition) is 2. The van der Waals surface area contributed by atoms with Gasteiger partial charge in [-0.15, -0.1) is 0 Å². The molecule has 1 atom stereocenters. The first kappa shape index (κ1) is 21.4. The number of nitrogens with one attached hydrogen (secondary N) is 1. The van der Waals surface area contributed by atoms with Gasteiger partial charge in [-0.05, 0) is 42.8 Å². The van der Waals surface area contributed by atoms with Gasteiger partial charge in [0.05, 0.1) is 21.3 Å². The van der Waals surface area contributed by atoms with Crippen molar-refractivity contribution in [1.29, 1.82) is 0 Å². The van der Waals surface area contributed by atoms with Gasteiger partial charge in [0.15, 0.2) is 29.7 Å². The summed E-state index contributed by atoms with van der Waals surface area (Å²) in [6.07, 6.45) is 0. The van der Waals surface area contributed by atoms with E-state index in [1.165, 1.54) is 27.4 Å². The Hall–Kier alpha value is -2.87. The molecule has 2 aromatic carbocycles. The number of halogens is 2. The lowest BCUT2D eigenvalue weighted by molar-refractivity contribution is -0.682. The molecule has 6 nitrogen and oxygen atoms in total. The van der Waals surface area contributed by atoms with Crippen LogP contribution in [0.15, 0.2) is 30.3 Å². The van der Waals surface area contributed by atoms with Crippen LogP contribution >= 0.6 is 0 Å². The van der Waals surface area contributed by atoms with Gasteiger partial charge in [0.1, 0.15) is 6.04 Å². The Balaban J connectivity index is 1.92. The summed E-state index contributed by atoms with van der Waals surface area (Å²) in [4.78, 5) is 12.1. The molecule has 0 radical (unpaired) electrons. The van der Waals surface area contributed by atoms with E-state index in [4.69, 9.17) is 14.2 Å². The third-order valence-corrected chi connectivity index (χ3v) is 4.34. The van der Waals surface area contributed by atoms with Crippen molar-refractivity contribution in [3.05, 3.63) is 53.1 Å². The lowest BCUT2D eigenvalue weighted by atomic mass is 10.1. The minimum Gasteiger partial charge on any atom is -0.493 e. The first-order valence-electron chi connectivity index (χ1n) is 8.73. The Morgan fingerprint density at radius 3 is 2.21 bits per heavy atom. The first-order chi connectivity index (χ1) is 13.4. The largest absolute Gasteiger partial charge is 0.493 e. The van der Waals surface area contributed by atoms with E-state index >= 15 is 0 Å². The van der Waals surface area contributed by atoms with E-state index in [-0.39, 0.29) is 25.0 Å². The molecule has 28 heavy (non-hydrogen) atoms. The second-order valence-corrected chi connectivity index (χ2v) is 6.21. The monoisotopic (exact) mass is 395 g/mol. The molecule has 2 aromatic rings. The highest BCUT2D eigenvalue weighted by Gasteiger charge is 2.16. The molecule has 0 saturated heterocycles. The van der Waals surface area contributed by atoms with Gasteiger partial charge in [-0.25, -0.2) is 8.78 Å². The minimum atomic E-state index is -0.899. The predicted molar refractivity (Wildman–Crippen MR) is 99.5 cm³/mol. The average molecular weight is 395 g/mol. The van der Waals surface area contributed by atoms with Crippen molar-refractivity contribution >= 4 is 5.91 Å². The van der Waals surface area contributed by atoms with Crippen LogP contribution in [-0.2, 0) is 11.3 Å². The van der Waals surface area contributed by atoms with Crippen LogP contribution in [0.2, 0.25) is 0 Å². The molecule has 0 aromatic heterocycles. The quantitative estimate of drug-likeness (QED) is 0.681. The molecule has 0 bridgehead atoms. The normalized spacial score (nSPS) is 11.6. The fourth-order valence-corrected chi connectivity index (χ4v) is 2.73. The average Bonchev–Trinajstić information content (AvgIpc) is 2.71. The van der Waals surface area contributed by atoms with Gasteiger partial charge in [0.25, 0.3) is 5.91 Å². The van der Waals surface area contributed by atoms with Crippen LogP contribution in [0.5, 0.6) is 17.2 Å². The SMILES string of the molecule is COc1cc(CNC(=O)C[NH2+][C@H](C)c2ccc(F)c(F)c2)cc(OC)c1OC. The lowest BCUT2D eigenvalue weighted by Gasteiger charge is -2.15. The molecule has 0 spiro atoms. The Kier molecular flexibility index (Phi) is 7.57. The summed E-state index contributed by atoms with van der Waals surface area (Å²) in [5.41, 5.74) is 1.40. The third kappa shape index (κ3) is 5.32. The number of rotatable bonds is 9. The number of carbonyl (C=O) groups excluding carboxylic acids is 1. The van der Waals surface area contributed by atoms with E-state index < -0.39 is 11.6 Å². The van der Waals surface area contributed by atoms with Gasteiger partial charge in [0, 0.05) is 12.1 Å². The van der Waals surface area contributed by atoms with E-state index in [1.807, 2.05) is 6.92 Å². The Bertz CT molecular complexity index is 805. The first-order valence-corrected chi connectivity index (χ1v) is 8.73. The number of ether oxygens (including phenoxy) is 3. The topological polar surface area (TPSA) is 73.4 Å². The maximum atomic E-state index is 13.3. The van der Waals surface area contributed by atoms with Crippen LogP contribution in [-0.4, -0.2) is 33.8 Å². The summed E-state index contributed by atoms with van der Waals surface area (Å²) in [5.74, 6) is -0.491. The molecule has 152 valence electrons. The summed E-state index contributed by atoms with van der Waals surface area (Å²) in [7, 11) is 4.56. The summed E-state index contributed by atoms with van der Waals surface area (Å²) in [5, 5.41) is 4.56. The highest BCUT2D eigenvalue weighted by molar-refractivity contribution is 5.76. The van der Waals surface area contributed by atoms with E-state index in [9.17, 15) is 13.6 Å². The standard InChI is InChI=1S/C20H24F2N2O4/c1-12(14-5-6-15(21)16(22)9-14)23-11-19(25)24-10-13-7-17(26-2)20(28-4)18(8-13)27-3/h5-9,12,23H,10-11H2,1-4H3,(H,24,25)/p+1/t12-/m1/s1. The van der Waals surface area contributed by atoms with E-state index in [0.717, 1.165) is 17.7 Å². The number of quaternary nitrogens is 1. The maximum Gasteiger partial charge on any atom is 0.275 e. The Morgan fingerprint density at radius 2 is 1.68 bits per heavy atom. The minimum absolute atomic E-state index is 0.143. The van der Waals surface area contributed by atoms with Gasteiger partial charge < -0.3 is 24.8 Å². The van der Waals surface area contributed by atoms with E-state index in [0.29, 0.717) is 22.8 Å². The van der Waals surface area contributed by atoms with Gasteiger partial charge in [-0.3, -0.25) is 4.79 Å². The molecule has 0 saturated carbocycles. The zero-order valence-electron chi connectivity index (χ0n) is 16.3. The van der Waals surface area contributed by atoms with Gasteiger partial charge in [0.2, 0.25) is 5.75 Å². The predicted octanol–water partition coefficient (Wildman–Crippen LogP) is 1.93. The highest BCUT2D eigenvalue weighted by atomic mass is 19.2. The summed E-state index contributed by atoms with van der Waals surface area (Å²) in [6, 6.07) is 7.06. The summed E-state index contributed by atoms with van der Waals surface area (Å²) < 4.78 is 42.2. The van der Waals surface area contributed by atoms with Gasteiger partial charge >= 0.3 is 0 Å². The van der Waals surface area contributed by atoms with E-state index in [1.54, 1.807) is 17.4 Å². The number of nitrogens with two attached hydrogens (primary N) is 1. The van der Waals surface area contributed by atoms with Crippen molar-refractivity contribution < 1.29 is 33.1 Å². The van der Waals surface area contributed by atoms with Gasteiger partial charge in [-0.1, -0.05) is 0 Å².